The average molecular weight is 245 g/mol. The van der Waals surface area contributed by atoms with Crippen LogP contribution in [-0.4, -0.2) is 6.26 Å². The predicted molar refractivity (Wildman–Crippen MR) is 73.9 cm³/mol. The number of nitrogens with two attached hydrogens (primary N) is 1. The Balaban J connectivity index is 2.25. The fourth-order valence-corrected chi connectivity index (χ4v) is 1.98. The highest BCUT2D eigenvalue weighted by Crippen LogP contribution is 2.31. The molecule has 2 aromatic rings. The lowest BCUT2D eigenvalue weighted by Crippen LogP contribution is -1.94. The molecule has 0 heterocycles. The van der Waals surface area contributed by atoms with E-state index in [1.165, 1.54) is 4.90 Å². The fourth-order valence-electron chi connectivity index (χ4n) is 1.58. The monoisotopic (exact) mass is 245 g/mol. The third kappa shape index (κ3) is 2.74. The van der Waals surface area contributed by atoms with Gasteiger partial charge in [0.2, 0.25) is 0 Å². The van der Waals surface area contributed by atoms with E-state index in [0.29, 0.717) is 5.69 Å². The maximum atomic E-state index is 5.90. The van der Waals surface area contributed by atoms with E-state index >= 15 is 0 Å². The zero-order valence-corrected chi connectivity index (χ0v) is 10.8. The molecule has 2 rings (SSSR count). The quantitative estimate of drug-likeness (QED) is 0.653. The molecule has 0 aliphatic heterocycles. The molecule has 0 saturated heterocycles. The zero-order valence-electron chi connectivity index (χ0n) is 9.94. The molecule has 3 heteroatoms. The van der Waals surface area contributed by atoms with Crippen LogP contribution in [0.3, 0.4) is 0 Å². The lowest BCUT2D eigenvalue weighted by atomic mass is 10.2. The van der Waals surface area contributed by atoms with Crippen molar-refractivity contribution in [1.29, 1.82) is 0 Å². The van der Waals surface area contributed by atoms with E-state index in [0.717, 1.165) is 17.1 Å². The van der Waals surface area contributed by atoms with Gasteiger partial charge in [0.1, 0.15) is 5.75 Å². The van der Waals surface area contributed by atoms with E-state index in [-0.39, 0.29) is 0 Å². The van der Waals surface area contributed by atoms with Crippen molar-refractivity contribution in [3.63, 3.8) is 0 Å². The number of hydrogen-bond acceptors (Lipinski definition) is 3. The number of para-hydroxylation sites is 1. The Kier molecular flexibility index (Phi) is 3.59. The van der Waals surface area contributed by atoms with Crippen molar-refractivity contribution in [3.8, 4) is 11.5 Å². The van der Waals surface area contributed by atoms with Crippen LogP contribution in [0.25, 0.3) is 0 Å². The number of benzene rings is 2. The Bertz CT molecular complexity index is 488. The molecule has 88 valence electrons. The normalized spacial score (nSPS) is 10.2. The Morgan fingerprint density at radius 2 is 1.76 bits per heavy atom. The van der Waals surface area contributed by atoms with Gasteiger partial charge in [0.05, 0.1) is 5.69 Å². The summed E-state index contributed by atoms with van der Waals surface area (Å²) in [5, 5.41) is 0. The van der Waals surface area contributed by atoms with Crippen molar-refractivity contribution < 1.29 is 4.74 Å². The molecule has 0 saturated carbocycles. The first-order valence-electron chi connectivity index (χ1n) is 5.37. The number of anilines is 1. The lowest BCUT2D eigenvalue weighted by molar-refractivity contribution is 0.481. The topological polar surface area (TPSA) is 35.2 Å². The SMILES string of the molecule is CSc1ccc(Oc2c(C)cccc2N)cc1. The molecule has 0 atom stereocenters. The first-order valence-corrected chi connectivity index (χ1v) is 6.60. The summed E-state index contributed by atoms with van der Waals surface area (Å²) in [4.78, 5) is 1.22. The third-order valence-corrected chi connectivity index (χ3v) is 3.27. The van der Waals surface area contributed by atoms with E-state index < -0.39 is 0 Å². The summed E-state index contributed by atoms with van der Waals surface area (Å²) in [6, 6.07) is 13.7. The molecule has 0 fully saturated rings. The second-order valence-electron chi connectivity index (χ2n) is 3.77. The zero-order chi connectivity index (χ0) is 12.3. The maximum absolute atomic E-state index is 5.90. The van der Waals surface area contributed by atoms with Crippen LogP contribution >= 0.6 is 11.8 Å². The van der Waals surface area contributed by atoms with Gasteiger partial charge in [-0.1, -0.05) is 12.1 Å². The largest absolute Gasteiger partial charge is 0.455 e. The van der Waals surface area contributed by atoms with Gasteiger partial charge < -0.3 is 10.5 Å². The molecular weight excluding hydrogens is 230 g/mol. The molecule has 2 N–H and O–H groups in total. The van der Waals surface area contributed by atoms with E-state index in [1.807, 2.05) is 49.4 Å². The number of nitrogen functional groups attached to an aromatic ring is 1. The van der Waals surface area contributed by atoms with Crippen LogP contribution < -0.4 is 10.5 Å². The number of thioether (sulfide) groups is 1. The van der Waals surface area contributed by atoms with Gasteiger partial charge >= 0.3 is 0 Å². The van der Waals surface area contributed by atoms with Crippen molar-refractivity contribution in [2.75, 3.05) is 12.0 Å². The van der Waals surface area contributed by atoms with Crippen LogP contribution in [0.15, 0.2) is 47.4 Å². The highest BCUT2D eigenvalue weighted by molar-refractivity contribution is 7.98. The molecule has 0 aromatic heterocycles. The molecule has 0 unspecified atom stereocenters. The molecule has 0 amide bonds. The summed E-state index contributed by atoms with van der Waals surface area (Å²) < 4.78 is 5.81. The second kappa shape index (κ2) is 5.15. The van der Waals surface area contributed by atoms with Gasteiger partial charge in [-0.15, -0.1) is 11.8 Å². The van der Waals surface area contributed by atoms with Crippen molar-refractivity contribution in [1.82, 2.24) is 0 Å². The second-order valence-corrected chi connectivity index (χ2v) is 4.65. The van der Waals surface area contributed by atoms with Gasteiger partial charge in [0.25, 0.3) is 0 Å². The van der Waals surface area contributed by atoms with Gasteiger partial charge in [0, 0.05) is 4.90 Å². The van der Waals surface area contributed by atoms with Crippen LogP contribution in [0, 0.1) is 6.92 Å². The van der Waals surface area contributed by atoms with E-state index in [1.54, 1.807) is 11.8 Å². The van der Waals surface area contributed by atoms with Crippen molar-refractivity contribution in [3.05, 3.63) is 48.0 Å². The number of ether oxygens (including phenoxy) is 1. The Morgan fingerprint density at radius 3 is 2.35 bits per heavy atom. The summed E-state index contributed by atoms with van der Waals surface area (Å²) in [5.74, 6) is 1.55. The van der Waals surface area contributed by atoms with Gasteiger partial charge in [-0.3, -0.25) is 0 Å². The summed E-state index contributed by atoms with van der Waals surface area (Å²) in [5.41, 5.74) is 7.60. The van der Waals surface area contributed by atoms with Crippen LogP contribution in [0.5, 0.6) is 11.5 Å². The summed E-state index contributed by atoms with van der Waals surface area (Å²) in [6.07, 6.45) is 2.05. The highest BCUT2D eigenvalue weighted by atomic mass is 32.2. The van der Waals surface area contributed by atoms with E-state index in [2.05, 4.69) is 6.26 Å². The van der Waals surface area contributed by atoms with Gasteiger partial charge in [-0.05, 0) is 49.1 Å². The predicted octanol–water partition coefficient (Wildman–Crippen LogP) is 4.09. The number of hydrogen-bond donors (Lipinski definition) is 1. The van der Waals surface area contributed by atoms with Crippen molar-refractivity contribution >= 4 is 17.4 Å². The maximum Gasteiger partial charge on any atom is 0.153 e. The van der Waals surface area contributed by atoms with Gasteiger partial charge in [0.15, 0.2) is 5.75 Å². The molecule has 2 nitrogen and oxygen atoms in total. The number of aryl methyl sites for hydroxylation is 1. The third-order valence-electron chi connectivity index (χ3n) is 2.52. The van der Waals surface area contributed by atoms with Crippen LogP contribution in [0.4, 0.5) is 5.69 Å². The van der Waals surface area contributed by atoms with Crippen LogP contribution in [0.2, 0.25) is 0 Å². The molecule has 0 radical (unpaired) electrons. The Hall–Kier alpha value is -1.61. The van der Waals surface area contributed by atoms with Crippen LogP contribution in [0.1, 0.15) is 5.56 Å². The Labute approximate surface area is 106 Å². The minimum Gasteiger partial charge on any atom is -0.455 e. The van der Waals surface area contributed by atoms with Gasteiger partial charge in [-0.2, -0.15) is 0 Å². The molecule has 17 heavy (non-hydrogen) atoms. The molecule has 0 spiro atoms. The smallest absolute Gasteiger partial charge is 0.153 e. The summed E-state index contributed by atoms with van der Waals surface area (Å²) >= 11 is 1.71. The molecule has 0 aliphatic carbocycles. The van der Waals surface area contributed by atoms with Crippen molar-refractivity contribution in [2.24, 2.45) is 0 Å². The summed E-state index contributed by atoms with van der Waals surface area (Å²) in [6.45, 7) is 1.99. The molecule has 2 aromatic carbocycles. The number of rotatable bonds is 3. The molecule has 0 bridgehead atoms. The first-order chi connectivity index (χ1) is 8.20. The van der Waals surface area contributed by atoms with Gasteiger partial charge in [-0.25, -0.2) is 0 Å². The van der Waals surface area contributed by atoms with E-state index in [9.17, 15) is 0 Å². The first kappa shape index (κ1) is 11.9. The van der Waals surface area contributed by atoms with Crippen LogP contribution in [-0.2, 0) is 0 Å². The fraction of sp³-hybridized carbons (Fsp3) is 0.143. The molecule has 0 aliphatic rings. The summed E-state index contributed by atoms with van der Waals surface area (Å²) in [7, 11) is 0. The standard InChI is InChI=1S/C14H15NOS/c1-10-4-3-5-13(15)14(10)16-11-6-8-12(17-2)9-7-11/h3-9H,15H2,1-2H3. The molecular formula is C14H15NOS. The lowest BCUT2D eigenvalue weighted by Gasteiger charge is -2.11. The minimum absolute atomic E-state index is 0.666. The Morgan fingerprint density at radius 1 is 1.06 bits per heavy atom. The van der Waals surface area contributed by atoms with Crippen molar-refractivity contribution in [2.45, 2.75) is 11.8 Å². The average Bonchev–Trinajstić information content (AvgIpc) is 2.35. The highest BCUT2D eigenvalue weighted by Gasteiger charge is 2.05. The minimum atomic E-state index is 0.666. The van der Waals surface area contributed by atoms with E-state index in [4.69, 9.17) is 10.5 Å².